The van der Waals surface area contributed by atoms with Gasteiger partial charge in [-0.05, 0) is 57.4 Å². The van der Waals surface area contributed by atoms with Gasteiger partial charge in [-0.2, -0.15) is 4.31 Å². The summed E-state index contributed by atoms with van der Waals surface area (Å²) in [5.74, 6) is 0.664. The molecule has 1 aromatic carbocycles. The molecule has 1 atom stereocenters. The normalized spacial score (nSPS) is 27.3. The Morgan fingerprint density at radius 2 is 1.84 bits per heavy atom. The largest absolute Gasteiger partial charge is 0.494 e. The van der Waals surface area contributed by atoms with Crippen LogP contribution < -0.4 is 4.74 Å². The summed E-state index contributed by atoms with van der Waals surface area (Å²) in [6.07, 6.45) is 2.42. The molecule has 0 amide bonds. The number of ether oxygens (including phenoxy) is 2. The molecule has 2 heterocycles. The molecule has 2 fully saturated rings. The summed E-state index contributed by atoms with van der Waals surface area (Å²) in [6, 6.07) is 6.55. The van der Waals surface area contributed by atoms with Crippen LogP contribution in [0.4, 0.5) is 0 Å². The summed E-state index contributed by atoms with van der Waals surface area (Å²) >= 11 is 0. The van der Waals surface area contributed by atoms with E-state index in [4.69, 9.17) is 9.47 Å². The molecule has 0 radical (unpaired) electrons. The molecule has 0 aliphatic carbocycles. The summed E-state index contributed by atoms with van der Waals surface area (Å²) in [5, 5.41) is 10.3. The van der Waals surface area contributed by atoms with Gasteiger partial charge in [-0.15, -0.1) is 0 Å². The Balaban J connectivity index is 1.69. The van der Waals surface area contributed by atoms with E-state index in [1.54, 1.807) is 24.3 Å². The lowest BCUT2D eigenvalue weighted by molar-refractivity contribution is -0.168. The molecule has 0 aromatic heterocycles. The zero-order valence-electron chi connectivity index (χ0n) is 14.9. The summed E-state index contributed by atoms with van der Waals surface area (Å²) in [5.41, 5.74) is -1.12. The third-order valence-corrected chi connectivity index (χ3v) is 7.07. The quantitative estimate of drug-likeness (QED) is 0.880. The number of rotatable bonds is 4. The van der Waals surface area contributed by atoms with Crippen molar-refractivity contribution >= 4 is 10.0 Å². The minimum atomic E-state index is -3.52. The average molecular weight is 369 g/mol. The van der Waals surface area contributed by atoms with Crippen LogP contribution in [0, 0.1) is 0 Å². The van der Waals surface area contributed by atoms with Gasteiger partial charge >= 0.3 is 0 Å². The second-order valence-corrected chi connectivity index (χ2v) is 9.20. The van der Waals surface area contributed by atoms with Crippen LogP contribution in [0.5, 0.6) is 5.75 Å². The molecule has 1 aromatic rings. The molecular formula is C18H27NO5S. The lowest BCUT2D eigenvalue weighted by atomic mass is 9.78. The molecule has 3 rings (SSSR count). The van der Waals surface area contributed by atoms with Crippen molar-refractivity contribution in [3.8, 4) is 5.75 Å². The van der Waals surface area contributed by atoms with E-state index < -0.39 is 21.2 Å². The van der Waals surface area contributed by atoms with Crippen molar-refractivity contribution < 1.29 is 23.0 Å². The van der Waals surface area contributed by atoms with E-state index in [9.17, 15) is 13.5 Å². The second-order valence-electron chi connectivity index (χ2n) is 7.26. The SMILES string of the molecule is CCOc1ccc(S(=O)(=O)N2CCC3(CC2)CC(C)(O)CCO3)cc1. The highest BCUT2D eigenvalue weighted by atomic mass is 32.2. The third kappa shape index (κ3) is 4.00. The molecule has 0 bridgehead atoms. The fourth-order valence-corrected chi connectivity index (χ4v) is 5.24. The van der Waals surface area contributed by atoms with Gasteiger partial charge in [0.25, 0.3) is 0 Å². The smallest absolute Gasteiger partial charge is 0.243 e. The molecule has 1 N–H and O–H groups in total. The van der Waals surface area contributed by atoms with E-state index in [0.29, 0.717) is 57.7 Å². The first-order valence-corrected chi connectivity index (χ1v) is 10.3. The number of piperidine rings is 1. The van der Waals surface area contributed by atoms with Gasteiger partial charge in [-0.25, -0.2) is 8.42 Å². The first-order valence-electron chi connectivity index (χ1n) is 8.86. The maximum atomic E-state index is 12.8. The minimum absolute atomic E-state index is 0.281. The van der Waals surface area contributed by atoms with E-state index in [2.05, 4.69) is 0 Å². The van der Waals surface area contributed by atoms with Gasteiger partial charge in [-0.3, -0.25) is 0 Å². The van der Waals surface area contributed by atoms with Crippen molar-refractivity contribution in [1.82, 2.24) is 4.31 Å². The molecule has 1 spiro atoms. The van der Waals surface area contributed by atoms with Crippen LogP contribution in [0.1, 0.15) is 39.5 Å². The highest BCUT2D eigenvalue weighted by Gasteiger charge is 2.46. The number of nitrogens with zero attached hydrogens (tertiary/aromatic N) is 1. The zero-order chi connectivity index (χ0) is 18.1. The standard InChI is InChI=1S/C18H27NO5S/c1-3-23-15-4-6-16(7-5-15)25(21,22)19-11-8-18(9-12-19)14-17(2,20)10-13-24-18/h4-7,20H,3,8-14H2,1-2H3. The van der Waals surface area contributed by atoms with Crippen molar-refractivity contribution in [3.63, 3.8) is 0 Å². The number of sulfonamides is 1. The van der Waals surface area contributed by atoms with Crippen molar-refractivity contribution in [2.75, 3.05) is 26.3 Å². The summed E-state index contributed by atoms with van der Waals surface area (Å²) < 4.78 is 38.5. The maximum absolute atomic E-state index is 12.8. The van der Waals surface area contributed by atoms with Crippen molar-refractivity contribution in [2.24, 2.45) is 0 Å². The lowest BCUT2D eigenvalue weighted by Gasteiger charge is -2.47. The van der Waals surface area contributed by atoms with E-state index in [1.807, 2.05) is 13.8 Å². The van der Waals surface area contributed by atoms with Crippen LogP contribution in [-0.4, -0.2) is 55.3 Å². The predicted octanol–water partition coefficient (Wildman–Crippen LogP) is 2.17. The summed E-state index contributed by atoms with van der Waals surface area (Å²) in [7, 11) is -3.52. The highest BCUT2D eigenvalue weighted by molar-refractivity contribution is 7.89. The fourth-order valence-electron chi connectivity index (χ4n) is 3.80. The summed E-state index contributed by atoms with van der Waals surface area (Å²) in [6.45, 7) is 5.61. The molecule has 2 saturated heterocycles. The number of hydrogen-bond acceptors (Lipinski definition) is 5. The van der Waals surface area contributed by atoms with Gasteiger partial charge in [0.15, 0.2) is 0 Å². The van der Waals surface area contributed by atoms with Crippen LogP contribution in [-0.2, 0) is 14.8 Å². The zero-order valence-corrected chi connectivity index (χ0v) is 15.7. The average Bonchev–Trinajstić information content (AvgIpc) is 2.55. The summed E-state index contributed by atoms with van der Waals surface area (Å²) in [4.78, 5) is 0.281. The molecule has 1 unspecified atom stereocenters. The Morgan fingerprint density at radius 1 is 1.20 bits per heavy atom. The number of aliphatic hydroxyl groups is 1. The Hall–Kier alpha value is -1.15. The second kappa shape index (κ2) is 6.87. The van der Waals surface area contributed by atoms with Crippen LogP contribution >= 0.6 is 0 Å². The first-order chi connectivity index (χ1) is 11.8. The molecule has 2 aliphatic rings. The van der Waals surface area contributed by atoms with Crippen LogP contribution in [0.15, 0.2) is 29.2 Å². The Labute approximate surface area is 149 Å². The number of benzene rings is 1. The van der Waals surface area contributed by atoms with Gasteiger partial charge in [0, 0.05) is 19.5 Å². The molecule has 2 aliphatic heterocycles. The molecule has 25 heavy (non-hydrogen) atoms. The molecule has 140 valence electrons. The van der Waals surface area contributed by atoms with E-state index in [0.717, 1.165) is 0 Å². The Morgan fingerprint density at radius 3 is 2.40 bits per heavy atom. The Bertz CT molecular complexity index is 691. The van der Waals surface area contributed by atoms with E-state index >= 15 is 0 Å². The van der Waals surface area contributed by atoms with Crippen molar-refractivity contribution in [2.45, 2.75) is 55.6 Å². The molecular weight excluding hydrogens is 342 g/mol. The number of hydrogen-bond donors (Lipinski definition) is 1. The van der Waals surface area contributed by atoms with Crippen LogP contribution in [0.3, 0.4) is 0 Å². The molecule has 7 heteroatoms. The van der Waals surface area contributed by atoms with Gasteiger partial charge < -0.3 is 14.6 Å². The minimum Gasteiger partial charge on any atom is -0.494 e. The van der Waals surface area contributed by atoms with Crippen molar-refractivity contribution in [3.05, 3.63) is 24.3 Å². The van der Waals surface area contributed by atoms with Gasteiger partial charge in [0.05, 0.1) is 29.3 Å². The molecule has 0 saturated carbocycles. The topological polar surface area (TPSA) is 76.1 Å². The lowest BCUT2D eigenvalue weighted by Crippen LogP contribution is -2.54. The monoisotopic (exact) mass is 369 g/mol. The third-order valence-electron chi connectivity index (χ3n) is 5.16. The van der Waals surface area contributed by atoms with Crippen LogP contribution in [0.25, 0.3) is 0 Å². The van der Waals surface area contributed by atoms with E-state index in [-0.39, 0.29) is 4.90 Å². The van der Waals surface area contributed by atoms with E-state index in [1.165, 1.54) is 4.31 Å². The highest BCUT2D eigenvalue weighted by Crippen LogP contribution is 2.40. The Kier molecular flexibility index (Phi) is 5.12. The van der Waals surface area contributed by atoms with Crippen LogP contribution in [0.2, 0.25) is 0 Å². The van der Waals surface area contributed by atoms with Crippen molar-refractivity contribution in [1.29, 1.82) is 0 Å². The first kappa shape index (κ1) is 18.6. The van der Waals surface area contributed by atoms with Gasteiger partial charge in [0.2, 0.25) is 10.0 Å². The van der Waals surface area contributed by atoms with Gasteiger partial charge in [-0.1, -0.05) is 0 Å². The maximum Gasteiger partial charge on any atom is 0.243 e. The molecule has 6 nitrogen and oxygen atoms in total. The predicted molar refractivity (Wildman–Crippen MR) is 94.1 cm³/mol. The fraction of sp³-hybridized carbons (Fsp3) is 0.667. The van der Waals surface area contributed by atoms with Gasteiger partial charge in [0.1, 0.15) is 5.75 Å².